The first-order valence-corrected chi connectivity index (χ1v) is 19.0. The molecule has 0 saturated heterocycles. The standard InChI is InChI=1S/C54H35N/c1-2-10-37(11-3-1)52-35-47(32-44-14-6-8-16-49(44)52)55(46-31-28-40-19-18-38-12-4-7-15-48(38)51(40)34-46)45-29-26-36(27-30-45)43-25-22-41-21-24-42-23-20-39-13-5-9-17-50(39)54(42)53(41)33-43/h1-35H. The molecule has 0 heterocycles. The normalized spacial score (nSPS) is 11.6. The fourth-order valence-electron chi connectivity index (χ4n) is 8.66. The van der Waals surface area contributed by atoms with Crippen LogP contribution in [0.25, 0.3) is 86.9 Å². The molecule has 0 atom stereocenters. The van der Waals surface area contributed by atoms with Crippen molar-refractivity contribution in [3.8, 4) is 22.3 Å². The van der Waals surface area contributed by atoms with E-state index in [1.165, 1.54) is 86.9 Å². The van der Waals surface area contributed by atoms with Crippen molar-refractivity contribution in [3.05, 3.63) is 212 Å². The molecule has 11 rings (SSSR count). The van der Waals surface area contributed by atoms with Gasteiger partial charge in [0.25, 0.3) is 0 Å². The first kappa shape index (κ1) is 31.3. The first-order valence-electron chi connectivity index (χ1n) is 19.0. The van der Waals surface area contributed by atoms with Crippen molar-refractivity contribution in [1.82, 2.24) is 0 Å². The van der Waals surface area contributed by atoms with Gasteiger partial charge in [0.2, 0.25) is 0 Å². The maximum absolute atomic E-state index is 2.42. The molecule has 0 fully saturated rings. The van der Waals surface area contributed by atoms with E-state index >= 15 is 0 Å². The summed E-state index contributed by atoms with van der Waals surface area (Å²) in [6.45, 7) is 0. The number of rotatable bonds is 5. The predicted octanol–water partition coefficient (Wildman–Crippen LogP) is 15.4. The van der Waals surface area contributed by atoms with E-state index < -0.39 is 0 Å². The van der Waals surface area contributed by atoms with Crippen LogP contribution in [-0.2, 0) is 0 Å². The van der Waals surface area contributed by atoms with E-state index in [1.807, 2.05) is 0 Å². The molecule has 0 aliphatic carbocycles. The van der Waals surface area contributed by atoms with Gasteiger partial charge in [-0.25, -0.2) is 0 Å². The van der Waals surface area contributed by atoms with Crippen LogP contribution in [0, 0.1) is 0 Å². The van der Waals surface area contributed by atoms with Gasteiger partial charge in [-0.15, -0.1) is 0 Å². The van der Waals surface area contributed by atoms with Gasteiger partial charge in [-0.1, -0.05) is 170 Å². The highest BCUT2D eigenvalue weighted by Gasteiger charge is 2.18. The lowest BCUT2D eigenvalue weighted by atomic mass is 9.94. The van der Waals surface area contributed by atoms with Gasteiger partial charge < -0.3 is 4.90 Å². The zero-order chi connectivity index (χ0) is 36.3. The zero-order valence-corrected chi connectivity index (χ0v) is 30.2. The summed E-state index contributed by atoms with van der Waals surface area (Å²) in [6, 6.07) is 78.0. The van der Waals surface area contributed by atoms with Crippen LogP contribution >= 0.6 is 0 Å². The van der Waals surface area contributed by atoms with Crippen LogP contribution in [0.4, 0.5) is 17.1 Å². The molecular weight excluding hydrogens is 663 g/mol. The van der Waals surface area contributed by atoms with Crippen molar-refractivity contribution >= 4 is 81.7 Å². The van der Waals surface area contributed by atoms with Gasteiger partial charge in [0, 0.05) is 17.1 Å². The number of fused-ring (bicyclic) bond motifs is 9. The van der Waals surface area contributed by atoms with E-state index in [4.69, 9.17) is 0 Å². The molecule has 0 amide bonds. The lowest BCUT2D eigenvalue weighted by Gasteiger charge is -2.27. The van der Waals surface area contributed by atoms with E-state index in [1.54, 1.807) is 0 Å². The lowest BCUT2D eigenvalue weighted by molar-refractivity contribution is 1.29. The second-order valence-corrected chi connectivity index (χ2v) is 14.5. The summed E-state index contributed by atoms with van der Waals surface area (Å²) >= 11 is 0. The number of hydrogen-bond acceptors (Lipinski definition) is 1. The Morgan fingerprint density at radius 2 is 0.764 bits per heavy atom. The van der Waals surface area contributed by atoms with Crippen LogP contribution in [0.5, 0.6) is 0 Å². The molecule has 55 heavy (non-hydrogen) atoms. The smallest absolute Gasteiger partial charge is 0.0474 e. The third-order valence-electron chi connectivity index (χ3n) is 11.4. The van der Waals surface area contributed by atoms with E-state index in [-0.39, 0.29) is 0 Å². The number of hydrogen-bond donors (Lipinski definition) is 0. The fraction of sp³-hybridized carbons (Fsp3) is 0. The lowest BCUT2D eigenvalue weighted by Crippen LogP contribution is -2.10. The van der Waals surface area contributed by atoms with Crippen LogP contribution in [0.1, 0.15) is 0 Å². The highest BCUT2D eigenvalue weighted by molar-refractivity contribution is 6.20. The van der Waals surface area contributed by atoms with Gasteiger partial charge in [-0.3, -0.25) is 0 Å². The van der Waals surface area contributed by atoms with Gasteiger partial charge in [-0.2, -0.15) is 0 Å². The zero-order valence-electron chi connectivity index (χ0n) is 30.2. The van der Waals surface area contributed by atoms with Crippen molar-refractivity contribution in [2.45, 2.75) is 0 Å². The van der Waals surface area contributed by atoms with Crippen molar-refractivity contribution in [3.63, 3.8) is 0 Å². The second-order valence-electron chi connectivity index (χ2n) is 14.5. The molecule has 1 heteroatoms. The largest absolute Gasteiger partial charge is 0.310 e. The Hall–Kier alpha value is -7.22. The molecule has 0 bridgehead atoms. The van der Waals surface area contributed by atoms with Crippen molar-refractivity contribution in [2.75, 3.05) is 4.90 Å². The van der Waals surface area contributed by atoms with Gasteiger partial charge in [-0.05, 0) is 129 Å². The summed E-state index contributed by atoms with van der Waals surface area (Å²) in [5.74, 6) is 0. The summed E-state index contributed by atoms with van der Waals surface area (Å²) in [6.07, 6.45) is 0. The van der Waals surface area contributed by atoms with Gasteiger partial charge in [0.1, 0.15) is 0 Å². The molecular formula is C54H35N. The summed E-state index contributed by atoms with van der Waals surface area (Å²) in [5, 5.41) is 15.1. The highest BCUT2D eigenvalue weighted by atomic mass is 15.1. The molecule has 0 aromatic heterocycles. The predicted molar refractivity (Wildman–Crippen MR) is 237 cm³/mol. The van der Waals surface area contributed by atoms with Gasteiger partial charge in [0.15, 0.2) is 0 Å². The molecule has 256 valence electrons. The average Bonchev–Trinajstić information content (AvgIpc) is 3.26. The van der Waals surface area contributed by atoms with Crippen LogP contribution < -0.4 is 4.90 Å². The van der Waals surface area contributed by atoms with Gasteiger partial charge >= 0.3 is 0 Å². The Kier molecular flexibility index (Phi) is 7.25. The van der Waals surface area contributed by atoms with E-state index in [2.05, 4.69) is 217 Å². The average molecular weight is 698 g/mol. The van der Waals surface area contributed by atoms with Crippen LogP contribution in [0.3, 0.4) is 0 Å². The highest BCUT2D eigenvalue weighted by Crippen LogP contribution is 2.43. The summed E-state index contributed by atoms with van der Waals surface area (Å²) in [4.78, 5) is 2.42. The Balaban J connectivity index is 1.10. The number of nitrogens with zero attached hydrogens (tertiary/aromatic N) is 1. The molecule has 0 saturated carbocycles. The van der Waals surface area contributed by atoms with E-state index in [9.17, 15) is 0 Å². The Morgan fingerprint density at radius 3 is 1.53 bits per heavy atom. The van der Waals surface area contributed by atoms with Crippen molar-refractivity contribution in [2.24, 2.45) is 0 Å². The molecule has 11 aromatic rings. The third-order valence-corrected chi connectivity index (χ3v) is 11.4. The molecule has 11 aromatic carbocycles. The Labute approximate surface area is 320 Å². The van der Waals surface area contributed by atoms with Crippen molar-refractivity contribution in [1.29, 1.82) is 0 Å². The minimum absolute atomic E-state index is 1.11. The number of anilines is 3. The molecule has 0 aliphatic rings. The summed E-state index contributed by atoms with van der Waals surface area (Å²) < 4.78 is 0. The third kappa shape index (κ3) is 5.32. The summed E-state index contributed by atoms with van der Waals surface area (Å²) in [5.41, 5.74) is 8.17. The number of benzene rings is 11. The minimum Gasteiger partial charge on any atom is -0.310 e. The molecule has 0 unspecified atom stereocenters. The monoisotopic (exact) mass is 697 g/mol. The van der Waals surface area contributed by atoms with Gasteiger partial charge in [0.05, 0.1) is 0 Å². The maximum atomic E-state index is 2.42. The molecule has 0 N–H and O–H groups in total. The van der Waals surface area contributed by atoms with Crippen LogP contribution in [-0.4, -0.2) is 0 Å². The molecule has 1 nitrogen and oxygen atoms in total. The SMILES string of the molecule is c1ccc(-c2cc(N(c3ccc(-c4ccc5ccc6ccc7ccccc7c6c5c4)cc3)c3ccc4ccc5ccccc5c4c3)cc3ccccc23)cc1. The van der Waals surface area contributed by atoms with E-state index in [0.717, 1.165) is 17.1 Å². The maximum Gasteiger partial charge on any atom is 0.0474 e. The molecule has 0 radical (unpaired) electrons. The summed E-state index contributed by atoms with van der Waals surface area (Å²) in [7, 11) is 0. The second kappa shape index (κ2) is 12.7. The molecule has 0 spiro atoms. The van der Waals surface area contributed by atoms with Crippen molar-refractivity contribution < 1.29 is 0 Å². The minimum atomic E-state index is 1.11. The Morgan fingerprint density at radius 1 is 0.236 bits per heavy atom. The Bertz CT molecular complexity index is 3250. The van der Waals surface area contributed by atoms with Crippen LogP contribution in [0.15, 0.2) is 212 Å². The first-order chi connectivity index (χ1) is 27.2. The quantitative estimate of drug-likeness (QED) is 0.162. The fourth-order valence-corrected chi connectivity index (χ4v) is 8.66. The topological polar surface area (TPSA) is 3.24 Å². The van der Waals surface area contributed by atoms with E-state index in [0.29, 0.717) is 0 Å². The van der Waals surface area contributed by atoms with Crippen LogP contribution in [0.2, 0.25) is 0 Å². The molecule has 0 aliphatic heterocycles.